The van der Waals surface area contributed by atoms with E-state index in [2.05, 4.69) is 31.4 Å². The summed E-state index contributed by atoms with van der Waals surface area (Å²) in [6, 6.07) is 0. The van der Waals surface area contributed by atoms with Crippen LogP contribution in [0.15, 0.2) is 0 Å². The molecule has 0 aliphatic heterocycles. The van der Waals surface area contributed by atoms with Crippen LogP contribution in [0.2, 0.25) is 0 Å². The van der Waals surface area contributed by atoms with Crippen molar-refractivity contribution in [3.63, 3.8) is 0 Å². The Hall–Kier alpha value is -0.950. The second-order valence-corrected chi connectivity index (χ2v) is 4.58. The zero-order chi connectivity index (χ0) is 13.8. The normalized spacial score (nSPS) is 9.50. The summed E-state index contributed by atoms with van der Waals surface area (Å²) in [6.45, 7) is 3.91. The lowest BCUT2D eigenvalue weighted by Gasteiger charge is -2.16. The van der Waals surface area contributed by atoms with E-state index in [0.29, 0.717) is 12.3 Å². The molecule has 0 saturated heterocycles. The lowest BCUT2D eigenvalue weighted by molar-refractivity contribution is -0.142. The van der Waals surface area contributed by atoms with E-state index in [9.17, 15) is 9.59 Å². The molecule has 3 nitrogen and oxygen atoms in total. The minimum absolute atomic E-state index is 0.126. The number of hydrogen-bond acceptors (Lipinski definition) is 3. The summed E-state index contributed by atoms with van der Waals surface area (Å²) in [7, 11) is 0. The van der Waals surface area contributed by atoms with Crippen molar-refractivity contribution in [2.24, 2.45) is 0 Å². The van der Waals surface area contributed by atoms with Gasteiger partial charge in [-0.2, -0.15) is 12.6 Å². The maximum atomic E-state index is 11.7. The molecule has 0 radical (unpaired) electrons. The highest BCUT2D eigenvalue weighted by atomic mass is 32.1. The van der Waals surface area contributed by atoms with E-state index in [0.717, 1.165) is 12.8 Å². The third-order valence-corrected chi connectivity index (χ3v) is 2.72. The van der Waals surface area contributed by atoms with Crippen LogP contribution in [-0.2, 0) is 9.59 Å². The first-order chi connectivity index (χ1) is 8.63. The molecule has 0 bridgehead atoms. The molecule has 0 atom stereocenters. The van der Waals surface area contributed by atoms with Gasteiger partial charge in [0.15, 0.2) is 0 Å². The van der Waals surface area contributed by atoms with Crippen LogP contribution in [0.1, 0.15) is 52.4 Å². The van der Waals surface area contributed by atoms with Gasteiger partial charge in [0.1, 0.15) is 0 Å². The number of carbonyl (C=O) groups excluding carboxylic acids is 2. The van der Waals surface area contributed by atoms with Crippen molar-refractivity contribution < 1.29 is 9.59 Å². The summed E-state index contributed by atoms with van der Waals surface area (Å²) in [4.78, 5) is 24.1. The molecule has 0 rings (SSSR count). The molecule has 102 valence electrons. The Morgan fingerprint density at radius 1 is 1.17 bits per heavy atom. The first-order valence-corrected chi connectivity index (χ1v) is 7.14. The van der Waals surface area contributed by atoms with Gasteiger partial charge in [-0.05, 0) is 6.42 Å². The van der Waals surface area contributed by atoms with Crippen molar-refractivity contribution in [2.45, 2.75) is 52.4 Å². The summed E-state index contributed by atoms with van der Waals surface area (Å²) < 4.78 is 0. The Bertz CT molecular complexity index is 317. The SMILES string of the molecule is CCCCCCC#CCC(=O)N(CCS)C(C)=O. The van der Waals surface area contributed by atoms with Crippen LogP contribution in [0.4, 0.5) is 0 Å². The molecule has 0 unspecified atom stereocenters. The summed E-state index contributed by atoms with van der Waals surface area (Å²) in [6.07, 6.45) is 5.69. The maximum absolute atomic E-state index is 11.7. The summed E-state index contributed by atoms with van der Waals surface area (Å²) >= 11 is 4.02. The molecular weight excluding hydrogens is 246 g/mol. The zero-order valence-corrected chi connectivity index (χ0v) is 12.3. The second-order valence-electron chi connectivity index (χ2n) is 4.13. The van der Waals surface area contributed by atoms with Crippen molar-refractivity contribution in [3.05, 3.63) is 0 Å². The summed E-state index contributed by atoms with van der Waals surface area (Å²) in [5.41, 5.74) is 0. The smallest absolute Gasteiger partial charge is 0.241 e. The topological polar surface area (TPSA) is 37.4 Å². The Morgan fingerprint density at radius 3 is 2.44 bits per heavy atom. The van der Waals surface area contributed by atoms with Gasteiger partial charge in [-0.15, -0.1) is 5.92 Å². The second kappa shape index (κ2) is 11.2. The minimum atomic E-state index is -0.237. The van der Waals surface area contributed by atoms with Gasteiger partial charge in [0.2, 0.25) is 11.8 Å². The van der Waals surface area contributed by atoms with Gasteiger partial charge in [0, 0.05) is 25.6 Å². The van der Waals surface area contributed by atoms with E-state index in [1.807, 2.05) is 0 Å². The average molecular weight is 269 g/mol. The Balaban J connectivity index is 3.93. The minimum Gasteiger partial charge on any atom is -0.281 e. The number of imide groups is 1. The summed E-state index contributed by atoms with van der Waals surface area (Å²) in [5, 5.41) is 0. The number of unbranched alkanes of at least 4 members (excludes halogenated alkanes) is 4. The zero-order valence-electron chi connectivity index (χ0n) is 11.4. The van der Waals surface area contributed by atoms with Gasteiger partial charge in [-0.25, -0.2) is 0 Å². The molecule has 0 saturated carbocycles. The fourth-order valence-corrected chi connectivity index (χ4v) is 1.72. The van der Waals surface area contributed by atoms with Crippen LogP contribution in [-0.4, -0.2) is 29.0 Å². The van der Waals surface area contributed by atoms with Crippen LogP contribution in [0, 0.1) is 11.8 Å². The van der Waals surface area contributed by atoms with Gasteiger partial charge in [0.25, 0.3) is 0 Å². The number of amides is 2. The predicted octanol–water partition coefficient (Wildman–Crippen LogP) is 2.66. The summed E-state index contributed by atoms with van der Waals surface area (Å²) in [5.74, 6) is 5.84. The molecule has 0 spiro atoms. The quantitative estimate of drug-likeness (QED) is 0.438. The number of carbonyl (C=O) groups is 2. The Kier molecular flexibility index (Phi) is 10.6. The molecule has 18 heavy (non-hydrogen) atoms. The number of nitrogens with zero attached hydrogens (tertiary/aromatic N) is 1. The van der Waals surface area contributed by atoms with Gasteiger partial charge >= 0.3 is 0 Å². The van der Waals surface area contributed by atoms with Crippen molar-refractivity contribution in [3.8, 4) is 11.8 Å². The van der Waals surface area contributed by atoms with E-state index in [1.54, 1.807) is 0 Å². The van der Waals surface area contributed by atoms with Gasteiger partial charge in [-0.3, -0.25) is 14.5 Å². The van der Waals surface area contributed by atoms with E-state index in [1.165, 1.54) is 31.1 Å². The number of hydrogen-bond donors (Lipinski definition) is 1. The van der Waals surface area contributed by atoms with Crippen LogP contribution in [0.25, 0.3) is 0 Å². The van der Waals surface area contributed by atoms with Gasteiger partial charge in [0.05, 0.1) is 6.42 Å². The fraction of sp³-hybridized carbons (Fsp3) is 0.714. The first kappa shape index (κ1) is 17.1. The highest BCUT2D eigenvalue weighted by Gasteiger charge is 2.15. The van der Waals surface area contributed by atoms with Crippen molar-refractivity contribution in [1.82, 2.24) is 4.90 Å². The fourth-order valence-electron chi connectivity index (χ4n) is 1.52. The first-order valence-electron chi connectivity index (χ1n) is 6.51. The molecule has 2 amide bonds. The Labute approximate surface area is 116 Å². The van der Waals surface area contributed by atoms with Crippen LogP contribution in [0.5, 0.6) is 0 Å². The third kappa shape index (κ3) is 8.19. The molecule has 0 aliphatic carbocycles. The lowest BCUT2D eigenvalue weighted by atomic mass is 10.1. The van der Waals surface area contributed by atoms with E-state index in [4.69, 9.17) is 0 Å². The lowest BCUT2D eigenvalue weighted by Crippen LogP contribution is -2.36. The maximum Gasteiger partial charge on any atom is 0.241 e. The molecule has 0 aromatic rings. The third-order valence-electron chi connectivity index (χ3n) is 2.52. The molecule has 0 fully saturated rings. The van der Waals surface area contributed by atoms with E-state index >= 15 is 0 Å². The standard InChI is InChI=1S/C14H23NO2S/c1-3-4-5-6-7-8-9-10-14(17)15(11-12-18)13(2)16/h18H,3-7,10-12H2,1-2H3. The number of thiol groups is 1. The van der Waals surface area contributed by atoms with E-state index < -0.39 is 0 Å². The van der Waals surface area contributed by atoms with E-state index in [-0.39, 0.29) is 18.2 Å². The highest BCUT2D eigenvalue weighted by molar-refractivity contribution is 7.80. The molecule has 4 heteroatoms. The average Bonchev–Trinajstić information content (AvgIpc) is 2.34. The van der Waals surface area contributed by atoms with Crippen LogP contribution < -0.4 is 0 Å². The molecular formula is C14H23NO2S. The molecule has 0 aromatic carbocycles. The van der Waals surface area contributed by atoms with Crippen molar-refractivity contribution in [1.29, 1.82) is 0 Å². The van der Waals surface area contributed by atoms with Gasteiger partial charge in [-0.1, -0.05) is 32.1 Å². The molecule has 0 heterocycles. The van der Waals surface area contributed by atoms with Crippen molar-refractivity contribution in [2.75, 3.05) is 12.3 Å². The highest BCUT2D eigenvalue weighted by Crippen LogP contribution is 2.01. The van der Waals surface area contributed by atoms with Crippen LogP contribution in [0.3, 0.4) is 0 Å². The largest absolute Gasteiger partial charge is 0.281 e. The molecule has 0 aliphatic rings. The molecule has 0 aromatic heterocycles. The van der Waals surface area contributed by atoms with Crippen molar-refractivity contribution >= 4 is 24.4 Å². The van der Waals surface area contributed by atoms with Gasteiger partial charge < -0.3 is 0 Å². The predicted molar refractivity (Wildman–Crippen MR) is 77.4 cm³/mol. The molecule has 0 N–H and O–H groups in total. The number of rotatable bonds is 7. The monoisotopic (exact) mass is 269 g/mol. The Morgan fingerprint density at radius 2 is 1.89 bits per heavy atom. The van der Waals surface area contributed by atoms with Crippen LogP contribution >= 0.6 is 12.6 Å².